The first-order valence-corrected chi connectivity index (χ1v) is 6.05. The monoisotopic (exact) mass is 222 g/mol. The van der Waals surface area contributed by atoms with E-state index in [4.69, 9.17) is 0 Å². The maximum atomic E-state index is 3.55. The first-order chi connectivity index (χ1) is 8.45. The van der Waals surface area contributed by atoms with Crippen LogP contribution in [0.5, 0.6) is 0 Å². The van der Waals surface area contributed by atoms with Crippen LogP contribution in [0.15, 0.2) is 60.7 Å². The SMILES string of the molecule is c1ccc(B2NCCN2c2ccccc2)cc1. The average Bonchev–Trinajstić information content (AvgIpc) is 2.90. The van der Waals surface area contributed by atoms with Gasteiger partial charge >= 0.3 is 6.98 Å². The quantitative estimate of drug-likeness (QED) is 0.774. The van der Waals surface area contributed by atoms with E-state index in [0.29, 0.717) is 6.98 Å². The van der Waals surface area contributed by atoms with Crippen molar-refractivity contribution in [1.29, 1.82) is 0 Å². The summed E-state index contributed by atoms with van der Waals surface area (Å²) >= 11 is 0. The van der Waals surface area contributed by atoms with Gasteiger partial charge in [-0.2, -0.15) is 0 Å². The Morgan fingerprint density at radius 1 is 0.882 bits per heavy atom. The highest BCUT2D eigenvalue weighted by Crippen LogP contribution is 2.16. The first kappa shape index (κ1) is 10.4. The Balaban J connectivity index is 1.91. The zero-order chi connectivity index (χ0) is 11.5. The summed E-state index contributed by atoms with van der Waals surface area (Å²) in [6, 6.07) is 21.2. The van der Waals surface area contributed by atoms with Crippen LogP contribution in [-0.4, -0.2) is 20.1 Å². The highest BCUT2D eigenvalue weighted by atomic mass is 15.2. The Kier molecular flexibility index (Phi) is 2.84. The second-order valence-electron chi connectivity index (χ2n) is 4.30. The van der Waals surface area contributed by atoms with Gasteiger partial charge in [0.15, 0.2) is 0 Å². The van der Waals surface area contributed by atoms with Gasteiger partial charge < -0.3 is 10.0 Å². The zero-order valence-electron chi connectivity index (χ0n) is 9.71. The molecule has 0 unspecified atom stereocenters. The highest BCUT2D eigenvalue weighted by Gasteiger charge is 2.30. The van der Waals surface area contributed by atoms with Gasteiger partial charge in [-0.05, 0) is 17.6 Å². The summed E-state index contributed by atoms with van der Waals surface area (Å²) in [7, 11) is 0. The van der Waals surface area contributed by atoms with Crippen molar-refractivity contribution in [3.05, 3.63) is 60.7 Å². The van der Waals surface area contributed by atoms with Crippen molar-refractivity contribution < 1.29 is 0 Å². The normalized spacial score (nSPS) is 15.3. The highest BCUT2D eigenvalue weighted by molar-refractivity contribution is 6.75. The van der Waals surface area contributed by atoms with Crippen LogP contribution in [0, 0.1) is 0 Å². The number of anilines is 1. The van der Waals surface area contributed by atoms with Crippen molar-refractivity contribution in [3.8, 4) is 0 Å². The van der Waals surface area contributed by atoms with Gasteiger partial charge in [-0.25, -0.2) is 0 Å². The van der Waals surface area contributed by atoms with Crippen LogP contribution in [0.1, 0.15) is 0 Å². The number of para-hydroxylation sites is 1. The van der Waals surface area contributed by atoms with Gasteiger partial charge in [-0.3, -0.25) is 0 Å². The standard InChI is InChI=1S/C14H15BN2/c1-3-7-13(8-4-1)15-16-11-12-17(15)14-9-5-2-6-10-14/h1-10,16H,11-12H2. The van der Waals surface area contributed by atoms with E-state index in [2.05, 4.69) is 70.7 Å². The molecule has 1 N–H and O–H groups in total. The molecule has 1 saturated heterocycles. The van der Waals surface area contributed by atoms with Crippen LogP contribution in [0.25, 0.3) is 0 Å². The summed E-state index contributed by atoms with van der Waals surface area (Å²) in [5.74, 6) is 0. The van der Waals surface area contributed by atoms with Gasteiger partial charge in [-0.1, -0.05) is 48.5 Å². The van der Waals surface area contributed by atoms with E-state index in [1.807, 2.05) is 0 Å². The van der Waals surface area contributed by atoms with E-state index in [0.717, 1.165) is 13.1 Å². The Bertz CT molecular complexity index is 427. The fraction of sp³-hybridized carbons (Fsp3) is 0.143. The molecule has 0 aromatic heterocycles. The van der Waals surface area contributed by atoms with Crippen LogP contribution in [0.4, 0.5) is 5.69 Å². The summed E-state index contributed by atoms with van der Waals surface area (Å²) < 4.78 is 0. The molecule has 0 saturated carbocycles. The van der Waals surface area contributed by atoms with Gasteiger partial charge in [0, 0.05) is 18.8 Å². The Hall–Kier alpha value is -1.74. The largest absolute Gasteiger partial charge is 0.396 e. The summed E-state index contributed by atoms with van der Waals surface area (Å²) in [5, 5.41) is 3.55. The minimum absolute atomic E-state index is 0.304. The average molecular weight is 222 g/mol. The maximum absolute atomic E-state index is 3.55. The lowest BCUT2D eigenvalue weighted by Gasteiger charge is -2.23. The van der Waals surface area contributed by atoms with Crippen molar-refractivity contribution in [2.45, 2.75) is 0 Å². The van der Waals surface area contributed by atoms with Gasteiger partial charge in [0.25, 0.3) is 0 Å². The van der Waals surface area contributed by atoms with E-state index in [-0.39, 0.29) is 0 Å². The molecule has 0 amide bonds. The van der Waals surface area contributed by atoms with Gasteiger partial charge in [0.05, 0.1) is 0 Å². The zero-order valence-corrected chi connectivity index (χ0v) is 9.71. The van der Waals surface area contributed by atoms with Crippen molar-refractivity contribution in [3.63, 3.8) is 0 Å². The molecule has 84 valence electrons. The lowest BCUT2D eigenvalue weighted by Crippen LogP contribution is -2.51. The predicted octanol–water partition coefficient (Wildman–Crippen LogP) is 1.49. The summed E-state index contributed by atoms with van der Waals surface area (Å²) in [5.41, 5.74) is 2.61. The molecule has 0 aliphatic carbocycles. The fourth-order valence-electron chi connectivity index (χ4n) is 2.39. The van der Waals surface area contributed by atoms with Gasteiger partial charge in [0.1, 0.15) is 0 Å². The molecular formula is C14H15BN2. The number of nitrogens with one attached hydrogen (secondary N) is 1. The first-order valence-electron chi connectivity index (χ1n) is 6.05. The van der Waals surface area contributed by atoms with Crippen molar-refractivity contribution >= 4 is 18.1 Å². The van der Waals surface area contributed by atoms with Crippen LogP contribution in [0.3, 0.4) is 0 Å². The van der Waals surface area contributed by atoms with E-state index in [1.54, 1.807) is 0 Å². The summed E-state index contributed by atoms with van der Waals surface area (Å²) in [4.78, 5) is 2.41. The van der Waals surface area contributed by atoms with Gasteiger partial charge in [-0.15, -0.1) is 0 Å². The Morgan fingerprint density at radius 3 is 2.24 bits per heavy atom. The minimum atomic E-state index is 0.304. The molecule has 2 aromatic rings. The molecule has 0 atom stereocenters. The Labute approximate surface area is 102 Å². The number of rotatable bonds is 2. The van der Waals surface area contributed by atoms with Crippen molar-refractivity contribution in [1.82, 2.24) is 5.23 Å². The number of hydrogen-bond donors (Lipinski definition) is 1. The van der Waals surface area contributed by atoms with Crippen LogP contribution in [-0.2, 0) is 0 Å². The lowest BCUT2D eigenvalue weighted by molar-refractivity contribution is 0.976. The second-order valence-corrected chi connectivity index (χ2v) is 4.30. The number of hydrogen-bond acceptors (Lipinski definition) is 2. The van der Waals surface area contributed by atoms with E-state index >= 15 is 0 Å². The molecule has 0 radical (unpaired) electrons. The molecule has 1 heterocycles. The third-order valence-electron chi connectivity index (χ3n) is 3.21. The van der Waals surface area contributed by atoms with Crippen LogP contribution < -0.4 is 15.5 Å². The number of benzene rings is 2. The molecule has 3 rings (SSSR count). The summed E-state index contributed by atoms with van der Waals surface area (Å²) in [6.45, 7) is 2.40. The fourth-order valence-corrected chi connectivity index (χ4v) is 2.39. The molecule has 2 nitrogen and oxygen atoms in total. The second kappa shape index (κ2) is 4.64. The molecule has 17 heavy (non-hydrogen) atoms. The maximum Gasteiger partial charge on any atom is 0.375 e. The third-order valence-corrected chi connectivity index (χ3v) is 3.21. The smallest absolute Gasteiger partial charge is 0.375 e. The van der Waals surface area contributed by atoms with E-state index < -0.39 is 0 Å². The summed E-state index contributed by atoms with van der Waals surface area (Å²) in [6.07, 6.45) is 0. The molecular weight excluding hydrogens is 207 g/mol. The minimum Gasteiger partial charge on any atom is -0.396 e. The molecule has 3 heteroatoms. The Morgan fingerprint density at radius 2 is 1.53 bits per heavy atom. The molecule has 0 spiro atoms. The van der Waals surface area contributed by atoms with Crippen LogP contribution in [0.2, 0.25) is 0 Å². The van der Waals surface area contributed by atoms with Crippen LogP contribution >= 0.6 is 0 Å². The molecule has 0 bridgehead atoms. The molecule has 1 aliphatic heterocycles. The topological polar surface area (TPSA) is 15.3 Å². The third kappa shape index (κ3) is 2.06. The predicted molar refractivity (Wildman–Crippen MR) is 73.6 cm³/mol. The van der Waals surface area contributed by atoms with E-state index in [1.165, 1.54) is 11.2 Å². The number of nitrogens with zero attached hydrogens (tertiary/aromatic N) is 1. The molecule has 1 aliphatic rings. The molecule has 2 aromatic carbocycles. The molecule has 1 fully saturated rings. The lowest BCUT2D eigenvalue weighted by atomic mass is 9.67. The van der Waals surface area contributed by atoms with E-state index in [9.17, 15) is 0 Å². The van der Waals surface area contributed by atoms with Gasteiger partial charge in [0.2, 0.25) is 0 Å². The van der Waals surface area contributed by atoms with Crippen molar-refractivity contribution in [2.24, 2.45) is 0 Å². The van der Waals surface area contributed by atoms with Crippen molar-refractivity contribution in [2.75, 3.05) is 17.9 Å².